The fraction of sp³-hybridized carbons (Fsp3) is 0.489. The first-order chi connectivity index (χ1) is 29.7. The van der Waals surface area contributed by atoms with E-state index in [-0.39, 0.29) is 29.6 Å². The van der Waals surface area contributed by atoms with Gasteiger partial charge in [-0.1, -0.05) is 17.3 Å². The minimum absolute atomic E-state index is 0.0714. The van der Waals surface area contributed by atoms with Crippen molar-refractivity contribution in [3.8, 4) is 0 Å². The van der Waals surface area contributed by atoms with Gasteiger partial charge in [-0.05, 0) is 113 Å². The number of urea groups is 1. The summed E-state index contributed by atoms with van der Waals surface area (Å²) in [6.07, 6.45) is 13.1. The molecule has 5 fully saturated rings. The first-order valence-corrected chi connectivity index (χ1v) is 22.0. The van der Waals surface area contributed by atoms with E-state index in [0.717, 1.165) is 106 Å². The van der Waals surface area contributed by atoms with Crippen molar-refractivity contribution < 1.29 is 23.7 Å². The van der Waals surface area contributed by atoms with Crippen LogP contribution in [-0.4, -0.2) is 117 Å². The topological polar surface area (TPSA) is 188 Å². The first kappa shape index (κ1) is 39.1. The predicted octanol–water partition coefficient (Wildman–Crippen LogP) is 5.63. The number of rotatable bonds is 9. The van der Waals surface area contributed by atoms with Crippen LogP contribution in [0.2, 0.25) is 0 Å². The van der Waals surface area contributed by atoms with Crippen LogP contribution in [0.15, 0.2) is 59.4 Å². The Labute approximate surface area is 353 Å². The summed E-state index contributed by atoms with van der Waals surface area (Å²) in [7, 11) is 1.84. The molecule has 4 N–H and O–H groups in total. The van der Waals surface area contributed by atoms with Crippen LogP contribution in [0.3, 0.4) is 0 Å². The maximum atomic E-state index is 12.7. The van der Waals surface area contributed by atoms with Crippen molar-refractivity contribution >= 4 is 62.9 Å². The van der Waals surface area contributed by atoms with Crippen LogP contribution in [0.1, 0.15) is 104 Å². The molecule has 5 aromatic rings. The number of likely N-dealkylation sites (tertiary alicyclic amines) is 1. The summed E-state index contributed by atoms with van der Waals surface area (Å²) >= 11 is 0. The number of nitrogens with zero attached hydrogens (tertiary/aromatic N) is 8. The zero-order valence-corrected chi connectivity index (χ0v) is 34.6. The number of hydrogen-bond donors (Lipinski definition) is 3. The van der Waals surface area contributed by atoms with Gasteiger partial charge in [0.15, 0.2) is 17.1 Å². The predicted molar refractivity (Wildman–Crippen MR) is 230 cm³/mol. The van der Waals surface area contributed by atoms with Gasteiger partial charge in [0.25, 0.3) is 5.91 Å². The molecule has 0 bridgehead atoms. The summed E-state index contributed by atoms with van der Waals surface area (Å²) in [5, 5.41) is 12.0. The molecule has 16 heteroatoms. The quantitative estimate of drug-likeness (QED) is 0.156. The Morgan fingerprint density at radius 3 is 2.39 bits per heavy atom. The van der Waals surface area contributed by atoms with Gasteiger partial charge < -0.3 is 39.7 Å². The summed E-state index contributed by atoms with van der Waals surface area (Å²) in [6.45, 7) is 5.07. The average molecular weight is 828 g/mol. The van der Waals surface area contributed by atoms with E-state index < -0.39 is 11.8 Å². The van der Waals surface area contributed by atoms with E-state index in [1.807, 2.05) is 30.1 Å². The first-order valence-electron chi connectivity index (χ1n) is 22.0. The van der Waals surface area contributed by atoms with E-state index in [9.17, 15) is 19.2 Å². The van der Waals surface area contributed by atoms with Crippen molar-refractivity contribution in [2.45, 2.75) is 94.2 Å². The van der Waals surface area contributed by atoms with Gasteiger partial charge >= 0.3 is 6.03 Å². The molecule has 2 aromatic carbocycles. The zero-order valence-electron chi connectivity index (χ0n) is 34.6. The fourth-order valence-corrected chi connectivity index (χ4v) is 10.7. The van der Waals surface area contributed by atoms with Crippen molar-refractivity contribution in [1.82, 2.24) is 39.7 Å². The smallest absolute Gasteiger partial charge is 0.320 e. The van der Waals surface area contributed by atoms with Gasteiger partial charge in [0, 0.05) is 74.5 Å². The van der Waals surface area contributed by atoms with Gasteiger partial charge in [-0.2, -0.15) is 0 Å². The van der Waals surface area contributed by atoms with Crippen LogP contribution in [0.5, 0.6) is 0 Å². The normalized spacial score (nSPS) is 24.5. The number of amides is 5. The lowest BCUT2D eigenvalue weighted by Crippen LogP contribution is -2.49. The van der Waals surface area contributed by atoms with Crippen molar-refractivity contribution in [2.24, 2.45) is 5.73 Å². The number of nitrogens with two attached hydrogens (primary N) is 1. The molecule has 4 saturated heterocycles. The van der Waals surface area contributed by atoms with Crippen molar-refractivity contribution in [3.63, 3.8) is 0 Å². The molecule has 0 radical (unpaired) electrons. The number of carbonyl (C=O) groups is 4. The van der Waals surface area contributed by atoms with Gasteiger partial charge in [-0.15, -0.1) is 0 Å². The van der Waals surface area contributed by atoms with E-state index in [1.54, 1.807) is 11.1 Å². The van der Waals surface area contributed by atoms with Gasteiger partial charge in [-0.3, -0.25) is 19.7 Å². The number of fused-ring (bicyclic) bond motifs is 3. The van der Waals surface area contributed by atoms with Gasteiger partial charge in [-0.25, -0.2) is 14.8 Å². The second-order valence-electron chi connectivity index (χ2n) is 17.6. The molecule has 3 aromatic heterocycles. The van der Waals surface area contributed by atoms with E-state index in [0.29, 0.717) is 60.3 Å². The third-order valence-corrected chi connectivity index (χ3v) is 14.1. The Morgan fingerprint density at radius 1 is 0.869 bits per heavy atom. The Hall–Kier alpha value is -6.03. The molecule has 0 spiro atoms. The lowest BCUT2D eigenvalue weighted by Gasteiger charge is -2.41. The lowest BCUT2D eigenvalue weighted by molar-refractivity contribution is -0.134. The maximum Gasteiger partial charge on any atom is 0.320 e. The highest BCUT2D eigenvalue weighted by Crippen LogP contribution is 2.40. The molecule has 2 atom stereocenters. The van der Waals surface area contributed by atoms with Crippen LogP contribution in [-0.2, 0) is 9.59 Å². The maximum absolute atomic E-state index is 12.7. The molecule has 5 amide bonds. The Balaban J connectivity index is 0.744. The zero-order chi connectivity index (χ0) is 41.8. The van der Waals surface area contributed by atoms with E-state index in [4.69, 9.17) is 15.2 Å². The molecule has 1 unspecified atom stereocenters. The van der Waals surface area contributed by atoms with Gasteiger partial charge in [0.05, 0.1) is 23.5 Å². The molecule has 1 aliphatic carbocycles. The highest BCUT2D eigenvalue weighted by molar-refractivity contribution is 6.09. The third kappa shape index (κ3) is 7.44. The Bertz CT molecular complexity index is 2480. The monoisotopic (exact) mass is 827 g/mol. The lowest BCUT2D eigenvalue weighted by atomic mass is 9.85. The van der Waals surface area contributed by atoms with Gasteiger partial charge in [0.2, 0.25) is 11.8 Å². The van der Waals surface area contributed by atoms with Crippen molar-refractivity contribution in [2.75, 3.05) is 56.5 Å². The SMILES string of the molecule is CN1CCN([C@@H]2CCCN(c3cnc(C(N)=O)c(Nc4ccc(C5CCN([C@H]6CC[C@H](n7ccc8c9c(C%10CCC(=O)NC%10=O)noc9ccc87)CC6)CC5)cc4)n3)C2)C1=O. The molecular formula is C45H53N11O5. The highest BCUT2D eigenvalue weighted by Gasteiger charge is 2.36. The number of nitrogens with one attached hydrogen (secondary N) is 2. The number of anilines is 3. The number of likely N-dealkylation sites (N-methyl/N-ethyl adjacent to an activating group) is 1. The summed E-state index contributed by atoms with van der Waals surface area (Å²) in [4.78, 5) is 67.5. The average Bonchev–Trinajstić information content (AvgIpc) is 4.00. The summed E-state index contributed by atoms with van der Waals surface area (Å²) in [6, 6.07) is 15.8. The Kier molecular flexibility index (Phi) is 10.3. The molecule has 7 heterocycles. The standard InChI is InChI=1S/C45H53N11O5/c1-52-23-24-56(45(52)60)32-3-2-19-54(26-32)37-25-47-41(42(46)58)43(49-37)48-29-6-4-27(5-7-29)28-16-20-53(21-17-28)30-8-10-31(11-9-30)55-22-18-33-35(55)13-14-36-39(33)40(51-61-36)34-12-15-38(57)50-44(34)59/h4-7,13-14,18,22,25,28,30-32,34H,2-3,8-12,15-17,19-21,23-24,26H2,1H3,(H2,46,58)(H,48,49)(H,50,57,59)/t30-,31-,32-,34?/m1/s1. The number of aromatic nitrogens is 4. The summed E-state index contributed by atoms with van der Waals surface area (Å²) < 4.78 is 8.07. The number of carbonyl (C=O) groups excluding carboxylic acids is 4. The second-order valence-corrected chi connectivity index (χ2v) is 17.6. The molecule has 318 valence electrons. The molecule has 16 nitrogen and oxygen atoms in total. The van der Waals surface area contributed by atoms with Crippen LogP contribution in [0, 0.1) is 0 Å². The Morgan fingerprint density at radius 2 is 1.66 bits per heavy atom. The van der Waals surface area contributed by atoms with Crippen LogP contribution in [0.4, 0.5) is 22.1 Å². The second kappa shape index (κ2) is 16.1. The number of benzene rings is 2. The molecular weight excluding hydrogens is 775 g/mol. The van der Waals surface area contributed by atoms with Crippen LogP contribution < -0.4 is 21.3 Å². The number of imide groups is 1. The summed E-state index contributed by atoms with van der Waals surface area (Å²) in [5.74, 6) is -0.221. The van der Waals surface area contributed by atoms with Crippen LogP contribution in [0.25, 0.3) is 21.9 Å². The van der Waals surface area contributed by atoms with E-state index in [1.165, 1.54) is 5.56 Å². The molecule has 10 rings (SSSR count). The molecule has 5 aliphatic rings. The number of primary amides is 1. The number of piperidine rings is 3. The van der Waals surface area contributed by atoms with Crippen molar-refractivity contribution in [3.05, 3.63) is 71.8 Å². The largest absolute Gasteiger partial charge is 0.364 e. The molecule has 1 saturated carbocycles. The minimum atomic E-state index is -0.644. The summed E-state index contributed by atoms with van der Waals surface area (Å²) in [5.41, 5.74) is 10.4. The van der Waals surface area contributed by atoms with Gasteiger partial charge in [0.1, 0.15) is 11.5 Å². The third-order valence-electron chi connectivity index (χ3n) is 14.1. The fourth-order valence-electron chi connectivity index (χ4n) is 10.7. The minimum Gasteiger partial charge on any atom is -0.364 e. The van der Waals surface area contributed by atoms with E-state index in [2.05, 4.69) is 65.6 Å². The van der Waals surface area contributed by atoms with E-state index >= 15 is 0 Å². The number of hydrogen-bond acceptors (Lipinski definition) is 11. The molecule has 61 heavy (non-hydrogen) atoms. The highest BCUT2D eigenvalue weighted by atomic mass is 16.5. The molecule has 4 aliphatic heterocycles. The van der Waals surface area contributed by atoms with Crippen molar-refractivity contribution in [1.29, 1.82) is 0 Å². The van der Waals surface area contributed by atoms with Crippen LogP contribution >= 0.6 is 0 Å².